The lowest BCUT2D eigenvalue weighted by Crippen LogP contribution is -2.63. The van der Waals surface area contributed by atoms with Crippen molar-refractivity contribution in [2.24, 2.45) is 5.41 Å². The molecule has 1 spiro atoms. The second-order valence-corrected chi connectivity index (χ2v) is 4.23. The molecule has 2 fully saturated rings. The second kappa shape index (κ2) is 2.94. The Bertz CT molecular complexity index is 218. The molecule has 1 saturated carbocycles. The molecule has 1 aliphatic heterocycles. The normalized spacial score (nSPS) is 26.6. The van der Waals surface area contributed by atoms with Crippen LogP contribution in [0, 0.1) is 5.41 Å². The van der Waals surface area contributed by atoms with Crippen LogP contribution in [0.4, 0.5) is 4.39 Å². The predicted octanol–water partition coefficient (Wildman–Crippen LogP) is 0.593. The van der Waals surface area contributed by atoms with Crippen molar-refractivity contribution in [3.05, 3.63) is 0 Å². The van der Waals surface area contributed by atoms with Gasteiger partial charge in [-0.1, -0.05) is 0 Å². The van der Waals surface area contributed by atoms with E-state index in [-0.39, 0.29) is 11.4 Å². The second-order valence-electron chi connectivity index (χ2n) is 4.23. The van der Waals surface area contributed by atoms with Crippen LogP contribution in [-0.2, 0) is 9.53 Å². The van der Waals surface area contributed by atoms with E-state index < -0.39 is 6.17 Å². The Morgan fingerprint density at radius 3 is 2.69 bits per heavy atom. The Balaban J connectivity index is 1.70. The summed E-state index contributed by atoms with van der Waals surface area (Å²) in [6.45, 7) is 2.08. The summed E-state index contributed by atoms with van der Waals surface area (Å²) in [5.74, 6) is -0.203. The molecule has 0 aromatic rings. The van der Waals surface area contributed by atoms with Gasteiger partial charge in [0.1, 0.15) is 6.17 Å². The monoisotopic (exact) mass is 187 g/mol. The zero-order valence-corrected chi connectivity index (χ0v) is 7.75. The summed E-state index contributed by atoms with van der Waals surface area (Å²) in [6.07, 6.45) is 0.773. The van der Waals surface area contributed by atoms with E-state index in [1.54, 1.807) is 0 Å². The van der Waals surface area contributed by atoms with Gasteiger partial charge in [0, 0.05) is 18.5 Å². The van der Waals surface area contributed by atoms with Crippen molar-refractivity contribution in [3.8, 4) is 0 Å². The highest BCUT2D eigenvalue weighted by Gasteiger charge is 2.52. The molecule has 4 heteroatoms. The van der Waals surface area contributed by atoms with Gasteiger partial charge < -0.3 is 4.74 Å². The Kier molecular flexibility index (Phi) is 2.02. The molecule has 2 aliphatic rings. The molecule has 74 valence electrons. The van der Waals surface area contributed by atoms with Gasteiger partial charge in [0.2, 0.25) is 0 Å². The number of nitrogens with zero attached hydrogens (tertiary/aromatic N) is 1. The first-order valence-electron chi connectivity index (χ1n) is 4.57. The maximum absolute atomic E-state index is 12.6. The van der Waals surface area contributed by atoms with Crippen molar-refractivity contribution in [1.29, 1.82) is 0 Å². The maximum atomic E-state index is 12.6. The third-order valence-electron chi connectivity index (χ3n) is 3.01. The fourth-order valence-corrected chi connectivity index (χ4v) is 2.40. The minimum atomic E-state index is -0.597. The molecule has 3 nitrogen and oxygen atoms in total. The molecule has 0 bridgehead atoms. The quantitative estimate of drug-likeness (QED) is 0.593. The van der Waals surface area contributed by atoms with Crippen LogP contribution in [0.25, 0.3) is 0 Å². The molecule has 0 amide bonds. The van der Waals surface area contributed by atoms with Crippen LogP contribution < -0.4 is 0 Å². The van der Waals surface area contributed by atoms with Gasteiger partial charge in [-0.3, -0.25) is 9.69 Å². The van der Waals surface area contributed by atoms with Crippen LogP contribution in [0.15, 0.2) is 0 Å². The van der Waals surface area contributed by atoms with E-state index in [0.29, 0.717) is 19.4 Å². The first-order valence-corrected chi connectivity index (χ1v) is 4.57. The van der Waals surface area contributed by atoms with E-state index in [2.05, 4.69) is 4.74 Å². The minimum Gasteiger partial charge on any atom is -0.468 e. The van der Waals surface area contributed by atoms with Crippen molar-refractivity contribution < 1.29 is 13.9 Å². The van der Waals surface area contributed by atoms with E-state index in [4.69, 9.17) is 0 Å². The molecule has 1 aliphatic carbocycles. The number of carbonyl (C=O) groups is 1. The lowest BCUT2D eigenvalue weighted by Gasteiger charge is -2.56. The number of esters is 1. The summed E-state index contributed by atoms with van der Waals surface area (Å²) in [7, 11) is 1.39. The summed E-state index contributed by atoms with van der Waals surface area (Å²) in [5.41, 5.74) is 0.216. The van der Waals surface area contributed by atoms with Gasteiger partial charge >= 0.3 is 5.97 Å². The summed E-state index contributed by atoms with van der Waals surface area (Å²) >= 11 is 0. The number of hydrogen-bond acceptors (Lipinski definition) is 3. The van der Waals surface area contributed by atoms with Gasteiger partial charge in [0.25, 0.3) is 0 Å². The summed E-state index contributed by atoms with van der Waals surface area (Å²) in [4.78, 5) is 12.9. The number of ether oxygens (including phenoxy) is 1. The topological polar surface area (TPSA) is 29.5 Å². The van der Waals surface area contributed by atoms with Gasteiger partial charge in [-0.05, 0) is 12.8 Å². The van der Waals surface area contributed by atoms with Crippen LogP contribution >= 0.6 is 0 Å². The number of halogens is 1. The van der Waals surface area contributed by atoms with E-state index in [1.165, 1.54) is 7.11 Å². The Hall–Kier alpha value is -0.640. The number of hydrogen-bond donors (Lipinski definition) is 0. The standard InChI is InChI=1S/C9H14FNO2/c1-13-8(12)4-11-5-9(6-11)2-7(10)3-9/h7H,2-6H2,1H3. The van der Waals surface area contributed by atoms with E-state index >= 15 is 0 Å². The third kappa shape index (κ3) is 1.55. The molecule has 13 heavy (non-hydrogen) atoms. The van der Waals surface area contributed by atoms with Crippen LogP contribution in [0.1, 0.15) is 12.8 Å². The number of likely N-dealkylation sites (tertiary alicyclic amines) is 1. The van der Waals surface area contributed by atoms with Crippen LogP contribution in [0.5, 0.6) is 0 Å². The number of rotatable bonds is 2. The van der Waals surface area contributed by atoms with Gasteiger partial charge in [-0.2, -0.15) is 0 Å². The van der Waals surface area contributed by atoms with Crippen LogP contribution in [0.3, 0.4) is 0 Å². The third-order valence-corrected chi connectivity index (χ3v) is 3.01. The van der Waals surface area contributed by atoms with E-state index in [9.17, 15) is 9.18 Å². The molecule has 0 aromatic carbocycles. The highest BCUT2D eigenvalue weighted by atomic mass is 19.1. The molecular weight excluding hydrogens is 173 g/mol. The summed E-state index contributed by atoms with van der Waals surface area (Å²) in [5, 5.41) is 0. The first-order chi connectivity index (χ1) is 6.13. The molecule has 1 saturated heterocycles. The molecule has 0 N–H and O–H groups in total. The average molecular weight is 187 g/mol. The summed E-state index contributed by atoms with van der Waals surface area (Å²) in [6, 6.07) is 0. The van der Waals surface area contributed by atoms with Gasteiger partial charge in [-0.15, -0.1) is 0 Å². The van der Waals surface area contributed by atoms with Crippen molar-refractivity contribution in [2.45, 2.75) is 19.0 Å². The fraction of sp³-hybridized carbons (Fsp3) is 0.889. The lowest BCUT2D eigenvalue weighted by atomic mass is 9.62. The van der Waals surface area contributed by atoms with Crippen LogP contribution in [0.2, 0.25) is 0 Å². The SMILES string of the molecule is COC(=O)CN1CC2(CC(F)C2)C1. The number of methoxy groups -OCH3 is 1. The number of alkyl halides is 1. The Morgan fingerprint density at radius 2 is 2.23 bits per heavy atom. The van der Waals surface area contributed by atoms with Crippen molar-refractivity contribution >= 4 is 5.97 Å². The Morgan fingerprint density at radius 1 is 1.62 bits per heavy atom. The van der Waals surface area contributed by atoms with Gasteiger partial charge in [0.15, 0.2) is 0 Å². The first kappa shape index (κ1) is 8.94. The molecule has 0 aromatic heterocycles. The molecule has 0 unspecified atom stereocenters. The van der Waals surface area contributed by atoms with E-state index in [1.807, 2.05) is 4.90 Å². The average Bonchev–Trinajstić information content (AvgIpc) is 1.97. The molecular formula is C9H14FNO2. The summed E-state index contributed by atoms with van der Waals surface area (Å²) < 4.78 is 17.1. The molecule has 0 radical (unpaired) electrons. The molecule has 2 rings (SSSR count). The van der Waals surface area contributed by atoms with Crippen LogP contribution in [-0.4, -0.2) is 43.8 Å². The maximum Gasteiger partial charge on any atom is 0.319 e. The zero-order valence-electron chi connectivity index (χ0n) is 7.75. The molecule has 1 heterocycles. The highest BCUT2D eigenvalue weighted by Crippen LogP contribution is 2.49. The van der Waals surface area contributed by atoms with E-state index in [0.717, 1.165) is 13.1 Å². The Labute approximate surface area is 76.8 Å². The smallest absolute Gasteiger partial charge is 0.319 e. The van der Waals surface area contributed by atoms with Crippen molar-refractivity contribution in [3.63, 3.8) is 0 Å². The predicted molar refractivity (Wildman–Crippen MR) is 45.0 cm³/mol. The highest BCUT2D eigenvalue weighted by molar-refractivity contribution is 5.71. The van der Waals surface area contributed by atoms with Gasteiger partial charge in [-0.25, -0.2) is 4.39 Å². The van der Waals surface area contributed by atoms with Gasteiger partial charge in [0.05, 0.1) is 13.7 Å². The largest absolute Gasteiger partial charge is 0.468 e. The fourth-order valence-electron chi connectivity index (χ4n) is 2.40. The van der Waals surface area contributed by atoms with Crippen molar-refractivity contribution in [2.75, 3.05) is 26.7 Å². The minimum absolute atomic E-state index is 0.203. The number of carbonyl (C=O) groups excluding carboxylic acids is 1. The zero-order chi connectivity index (χ0) is 9.47. The molecule has 0 atom stereocenters. The lowest BCUT2D eigenvalue weighted by molar-refractivity contribution is -0.151. The van der Waals surface area contributed by atoms with Crippen molar-refractivity contribution in [1.82, 2.24) is 4.90 Å².